The summed E-state index contributed by atoms with van der Waals surface area (Å²) in [7, 11) is -4.04. The van der Waals surface area contributed by atoms with Gasteiger partial charge in [0.25, 0.3) is 0 Å². The first kappa shape index (κ1) is 33.0. The van der Waals surface area contributed by atoms with E-state index in [4.69, 9.17) is 5.21 Å². The Morgan fingerprint density at radius 2 is 1.67 bits per heavy atom. The maximum atomic E-state index is 13.9. The van der Waals surface area contributed by atoms with E-state index < -0.39 is 45.6 Å². The quantitative estimate of drug-likeness (QED) is 0.133. The minimum absolute atomic E-state index is 0.0323. The molecule has 0 aliphatic heterocycles. The summed E-state index contributed by atoms with van der Waals surface area (Å²) in [6.07, 6.45) is 2.51. The second-order valence-corrected chi connectivity index (χ2v) is 13.8. The van der Waals surface area contributed by atoms with Gasteiger partial charge in [-0.2, -0.15) is 4.31 Å². The summed E-state index contributed by atoms with van der Waals surface area (Å²) < 4.78 is 29.0. The number of aliphatic hydroxyl groups excluding tert-OH is 1. The molecule has 2 aromatic carbocycles. The van der Waals surface area contributed by atoms with Crippen LogP contribution in [-0.2, 0) is 21.2 Å². The Morgan fingerprint density at radius 3 is 2.21 bits per heavy atom. The average molecular weight is 603 g/mol. The molecule has 3 rings (SSSR count). The van der Waals surface area contributed by atoms with Crippen molar-refractivity contribution < 1.29 is 33.4 Å². The van der Waals surface area contributed by atoms with Gasteiger partial charge < -0.3 is 26.1 Å². The van der Waals surface area contributed by atoms with Crippen molar-refractivity contribution in [3.8, 4) is 0 Å². The highest BCUT2D eigenvalue weighted by atomic mass is 32.2. The molecule has 0 saturated heterocycles. The Hall–Kier alpha value is -3.48. The Morgan fingerprint density at radius 1 is 1.05 bits per heavy atom. The molecule has 230 valence electrons. The van der Waals surface area contributed by atoms with Crippen molar-refractivity contribution >= 4 is 28.2 Å². The van der Waals surface area contributed by atoms with Crippen molar-refractivity contribution in [3.05, 3.63) is 65.7 Å². The molecular weight excluding hydrogens is 560 g/mol. The first-order chi connectivity index (χ1) is 19.8. The van der Waals surface area contributed by atoms with Gasteiger partial charge in [0.1, 0.15) is 6.04 Å². The van der Waals surface area contributed by atoms with Crippen LogP contribution in [0.15, 0.2) is 64.6 Å². The lowest BCUT2D eigenvalue weighted by atomic mass is 9.85. The number of rotatable bonds is 13. The molecule has 0 bridgehead atoms. The number of benzene rings is 2. The molecule has 2 aromatic rings. The molecule has 1 saturated carbocycles. The number of hydrogen-bond acceptors (Lipinski definition) is 7. The zero-order valence-electron chi connectivity index (χ0n) is 24.3. The Labute approximate surface area is 247 Å². The van der Waals surface area contributed by atoms with Crippen LogP contribution in [0.4, 0.5) is 4.79 Å². The minimum atomic E-state index is -4.04. The van der Waals surface area contributed by atoms with Crippen molar-refractivity contribution in [2.45, 2.75) is 76.0 Å². The highest BCUT2D eigenvalue weighted by Crippen LogP contribution is 2.28. The molecular formula is C30H42N4O7S. The molecule has 1 fully saturated rings. The van der Waals surface area contributed by atoms with Gasteiger partial charge in [-0.1, -0.05) is 81.2 Å². The predicted octanol–water partition coefficient (Wildman–Crippen LogP) is 3.45. The molecule has 1 aliphatic carbocycles. The van der Waals surface area contributed by atoms with E-state index in [-0.39, 0.29) is 30.3 Å². The van der Waals surface area contributed by atoms with E-state index in [2.05, 4.69) is 15.8 Å². The van der Waals surface area contributed by atoms with E-state index in [1.807, 2.05) is 30.3 Å². The van der Waals surface area contributed by atoms with Gasteiger partial charge >= 0.3 is 6.09 Å². The summed E-state index contributed by atoms with van der Waals surface area (Å²) in [5, 5.41) is 37.7. The molecule has 1 aliphatic rings. The highest BCUT2D eigenvalue weighted by Gasteiger charge is 2.37. The van der Waals surface area contributed by atoms with Crippen molar-refractivity contribution in [1.82, 2.24) is 14.9 Å². The number of hydrogen-bond donors (Lipinski definition) is 5. The van der Waals surface area contributed by atoms with Crippen LogP contribution in [0, 0.1) is 11.3 Å². The van der Waals surface area contributed by atoms with E-state index in [0.29, 0.717) is 5.56 Å². The molecule has 3 atom stereocenters. The molecule has 2 amide bonds. The minimum Gasteiger partial charge on any atom is -0.465 e. The van der Waals surface area contributed by atoms with E-state index in [1.54, 1.807) is 20.8 Å². The average Bonchev–Trinajstić information content (AvgIpc) is 3.44. The van der Waals surface area contributed by atoms with Gasteiger partial charge in [0, 0.05) is 13.1 Å². The Balaban J connectivity index is 1.92. The number of amides is 2. The number of nitrogens with one attached hydrogen (secondary N) is 2. The molecule has 42 heavy (non-hydrogen) atoms. The number of carboxylic acid groups (broad SMARTS) is 1. The lowest BCUT2D eigenvalue weighted by Crippen LogP contribution is -2.58. The number of carbonyl (C=O) groups excluding carboxylic acids is 1. The van der Waals surface area contributed by atoms with Crippen molar-refractivity contribution in [2.75, 3.05) is 13.1 Å². The molecule has 12 heteroatoms. The second kappa shape index (κ2) is 14.6. The van der Waals surface area contributed by atoms with E-state index in [9.17, 15) is 28.2 Å². The number of aliphatic hydroxyl groups is 1. The molecule has 5 N–H and O–H groups in total. The van der Waals surface area contributed by atoms with Crippen LogP contribution in [-0.4, -0.2) is 77.6 Å². The molecule has 0 radical (unpaired) electrons. The van der Waals surface area contributed by atoms with Gasteiger partial charge in [0.15, 0.2) is 0 Å². The van der Waals surface area contributed by atoms with Crippen LogP contribution < -0.4 is 10.6 Å². The summed E-state index contributed by atoms with van der Waals surface area (Å²) in [5.41, 5.74) is 0.565. The summed E-state index contributed by atoms with van der Waals surface area (Å²) in [4.78, 5) is 24.9. The van der Waals surface area contributed by atoms with Crippen molar-refractivity contribution in [1.29, 1.82) is 0 Å². The van der Waals surface area contributed by atoms with Gasteiger partial charge in [-0.25, -0.2) is 13.2 Å². The number of nitrogens with zero attached hydrogens (tertiary/aromatic N) is 2. The van der Waals surface area contributed by atoms with Gasteiger partial charge in [-0.3, -0.25) is 4.79 Å². The molecule has 0 unspecified atom stereocenters. The lowest BCUT2D eigenvalue weighted by molar-refractivity contribution is -0.127. The normalized spacial score (nSPS) is 16.8. The first-order valence-corrected chi connectivity index (χ1v) is 15.5. The number of carbonyl (C=O) groups is 2. The summed E-state index contributed by atoms with van der Waals surface area (Å²) in [5.74, 6) is -0.476. The van der Waals surface area contributed by atoms with Crippen LogP contribution in [0.5, 0.6) is 0 Å². The maximum Gasteiger partial charge on any atom is 0.405 e. The third-order valence-electron chi connectivity index (χ3n) is 7.54. The van der Waals surface area contributed by atoms with Gasteiger partial charge in [-0.15, -0.1) is 0 Å². The van der Waals surface area contributed by atoms with Crippen LogP contribution in [0.2, 0.25) is 0 Å². The monoisotopic (exact) mass is 602 g/mol. The van der Waals surface area contributed by atoms with Gasteiger partial charge in [0.05, 0.1) is 23.3 Å². The van der Waals surface area contributed by atoms with Crippen LogP contribution in [0.25, 0.3) is 0 Å². The van der Waals surface area contributed by atoms with Crippen molar-refractivity contribution in [3.63, 3.8) is 0 Å². The van der Waals surface area contributed by atoms with Gasteiger partial charge in [-0.05, 0) is 53.9 Å². The SMILES string of the molecule is CC(C)(C)[C@H](NC(=O)O)C(=O)N[C@@H](Cc1ccccc1)[C@H](O)CN(CC1CCCC1)S(=O)(=O)c1ccc(/C=N/O)cc1. The largest absolute Gasteiger partial charge is 0.465 e. The third kappa shape index (κ3) is 9.27. The smallest absolute Gasteiger partial charge is 0.405 e. The summed E-state index contributed by atoms with van der Waals surface area (Å²) >= 11 is 0. The lowest BCUT2D eigenvalue weighted by Gasteiger charge is -2.34. The topological polar surface area (TPSA) is 169 Å². The van der Waals surface area contributed by atoms with Crippen molar-refractivity contribution in [2.24, 2.45) is 16.5 Å². The second-order valence-electron chi connectivity index (χ2n) is 11.9. The van der Waals surface area contributed by atoms with Gasteiger partial charge in [0.2, 0.25) is 15.9 Å². The number of sulfonamides is 1. The molecule has 11 nitrogen and oxygen atoms in total. The van der Waals surface area contributed by atoms with E-state index in [0.717, 1.165) is 31.2 Å². The predicted molar refractivity (Wildman–Crippen MR) is 159 cm³/mol. The van der Waals surface area contributed by atoms with Crippen LogP contribution >= 0.6 is 0 Å². The standard InChI is InChI=1S/C30H42N4O7S/c1-30(2,3)27(33-29(37)38)28(36)32-25(17-21-9-5-4-6-10-21)26(35)20-34(19-23-11-7-8-12-23)42(40,41)24-15-13-22(14-16-24)18-31-39/h4-6,9-10,13-16,18,23,25-27,33,35,39H,7-8,11-12,17,19-20H2,1-3H3,(H,32,36)(H,37,38)/b31-18+/t25-,26+,27+/m0/s1. The zero-order chi connectivity index (χ0) is 30.9. The number of oxime groups is 1. The fraction of sp³-hybridized carbons (Fsp3) is 0.500. The Kier molecular flexibility index (Phi) is 11.5. The van der Waals surface area contributed by atoms with Crippen LogP contribution in [0.3, 0.4) is 0 Å². The maximum absolute atomic E-state index is 13.9. The Bertz CT molecular complexity index is 1310. The van der Waals surface area contributed by atoms with Crippen LogP contribution in [0.1, 0.15) is 57.6 Å². The highest BCUT2D eigenvalue weighted by molar-refractivity contribution is 7.89. The molecule has 0 heterocycles. The molecule has 0 aromatic heterocycles. The fourth-order valence-electron chi connectivity index (χ4n) is 5.25. The first-order valence-electron chi connectivity index (χ1n) is 14.1. The van der Waals surface area contributed by atoms with E-state index in [1.165, 1.54) is 34.8 Å². The summed E-state index contributed by atoms with van der Waals surface area (Å²) in [6, 6.07) is 13.1. The zero-order valence-corrected chi connectivity index (χ0v) is 25.1. The third-order valence-corrected chi connectivity index (χ3v) is 9.38. The fourth-order valence-corrected chi connectivity index (χ4v) is 6.78. The molecule has 0 spiro atoms. The van der Waals surface area contributed by atoms with E-state index >= 15 is 0 Å². The summed E-state index contributed by atoms with van der Waals surface area (Å²) in [6.45, 7) is 5.12.